The molecule has 0 spiro atoms. The van der Waals surface area contributed by atoms with Crippen LogP contribution in [0.4, 0.5) is 5.69 Å². The van der Waals surface area contributed by atoms with Crippen molar-refractivity contribution in [3.8, 4) is 0 Å². The van der Waals surface area contributed by atoms with Crippen molar-refractivity contribution in [2.24, 2.45) is 0 Å². The van der Waals surface area contributed by atoms with E-state index in [1.165, 1.54) is 30.7 Å². The van der Waals surface area contributed by atoms with Gasteiger partial charge in [-0.25, -0.2) is 0 Å². The summed E-state index contributed by atoms with van der Waals surface area (Å²) in [6.45, 7) is 5.32. The molecule has 6 heteroatoms. The van der Waals surface area contributed by atoms with Crippen LogP contribution in [0.3, 0.4) is 0 Å². The highest BCUT2D eigenvalue weighted by molar-refractivity contribution is 7.09. The van der Waals surface area contributed by atoms with Crippen LogP contribution in [0, 0.1) is 0 Å². The Morgan fingerprint density at radius 2 is 2.03 bits per heavy atom. The fourth-order valence-electron chi connectivity index (χ4n) is 4.07. The highest BCUT2D eigenvalue weighted by Gasteiger charge is 2.17. The molecule has 0 saturated carbocycles. The van der Waals surface area contributed by atoms with Gasteiger partial charge < -0.3 is 15.5 Å². The first-order valence-electron chi connectivity index (χ1n) is 11.6. The summed E-state index contributed by atoms with van der Waals surface area (Å²) >= 11 is 1.72. The topological polar surface area (TPSA) is 61.4 Å². The average molecular weight is 442 g/mol. The van der Waals surface area contributed by atoms with Gasteiger partial charge in [0.25, 0.3) is 5.91 Å². The van der Waals surface area contributed by atoms with Gasteiger partial charge in [0.1, 0.15) is 0 Å². The van der Waals surface area contributed by atoms with Crippen molar-refractivity contribution in [3.63, 3.8) is 0 Å². The summed E-state index contributed by atoms with van der Waals surface area (Å²) in [7, 11) is 0. The van der Waals surface area contributed by atoms with Crippen LogP contribution < -0.4 is 10.6 Å². The van der Waals surface area contributed by atoms with Crippen LogP contribution in [0.5, 0.6) is 0 Å². The van der Waals surface area contributed by atoms with Gasteiger partial charge in [0, 0.05) is 35.1 Å². The molecule has 1 saturated heterocycles. The minimum atomic E-state index is -0.0832. The number of rotatable bonds is 11. The van der Waals surface area contributed by atoms with E-state index in [9.17, 15) is 9.59 Å². The van der Waals surface area contributed by atoms with E-state index in [1.807, 2.05) is 18.2 Å². The van der Waals surface area contributed by atoms with Gasteiger partial charge in [0.2, 0.25) is 5.91 Å². The standard InChI is InChI=1S/C25H35N3O2S/c1-20-9-2-4-16-28(20)17-5-3-15-26-25(30)21-10-6-11-22(19-21)27-24(29)14-7-12-23-13-8-18-31-23/h6,8,10-11,13,18-20H,2-5,7,9,12,14-17H2,1H3,(H,26,30)(H,27,29). The summed E-state index contributed by atoms with van der Waals surface area (Å²) in [5.41, 5.74) is 1.26. The second kappa shape index (κ2) is 12.6. The molecule has 3 rings (SSSR count). The number of carbonyl (C=O) groups is 2. The zero-order valence-corrected chi connectivity index (χ0v) is 19.4. The van der Waals surface area contributed by atoms with Crippen molar-refractivity contribution in [2.45, 2.75) is 64.3 Å². The summed E-state index contributed by atoms with van der Waals surface area (Å²) in [4.78, 5) is 28.5. The maximum atomic E-state index is 12.5. The molecule has 1 aliphatic rings. The molecule has 31 heavy (non-hydrogen) atoms. The Kier molecular flexibility index (Phi) is 9.56. The van der Waals surface area contributed by atoms with Crippen LogP contribution in [-0.2, 0) is 11.2 Å². The van der Waals surface area contributed by atoms with E-state index in [1.54, 1.807) is 23.5 Å². The number of amides is 2. The number of hydrogen-bond donors (Lipinski definition) is 2. The molecule has 0 aliphatic carbocycles. The maximum Gasteiger partial charge on any atom is 0.251 e. The van der Waals surface area contributed by atoms with E-state index in [-0.39, 0.29) is 11.8 Å². The van der Waals surface area contributed by atoms with E-state index in [0.717, 1.165) is 32.2 Å². The normalized spacial score (nSPS) is 16.7. The number of thiophene rings is 1. The first-order valence-corrected chi connectivity index (χ1v) is 12.4. The van der Waals surface area contributed by atoms with Gasteiger partial charge in [-0.15, -0.1) is 11.3 Å². The lowest BCUT2D eigenvalue weighted by atomic mass is 10.0. The van der Waals surface area contributed by atoms with Gasteiger partial charge in [-0.3, -0.25) is 9.59 Å². The summed E-state index contributed by atoms with van der Waals surface area (Å²) < 4.78 is 0. The predicted molar refractivity (Wildman–Crippen MR) is 129 cm³/mol. The Bertz CT molecular complexity index is 822. The van der Waals surface area contributed by atoms with Gasteiger partial charge >= 0.3 is 0 Å². The average Bonchev–Trinajstić information content (AvgIpc) is 3.28. The van der Waals surface area contributed by atoms with Crippen LogP contribution >= 0.6 is 11.3 Å². The molecule has 2 aromatic rings. The molecule has 1 unspecified atom stereocenters. The van der Waals surface area contributed by atoms with Gasteiger partial charge in [-0.1, -0.05) is 18.6 Å². The number of aryl methyl sites for hydroxylation is 1. The number of likely N-dealkylation sites (tertiary alicyclic amines) is 1. The molecule has 1 aromatic carbocycles. The Morgan fingerprint density at radius 3 is 2.84 bits per heavy atom. The van der Waals surface area contributed by atoms with E-state index < -0.39 is 0 Å². The quantitative estimate of drug-likeness (QED) is 0.477. The molecule has 1 atom stereocenters. The minimum absolute atomic E-state index is 0.0129. The number of nitrogens with one attached hydrogen (secondary N) is 2. The largest absolute Gasteiger partial charge is 0.352 e. The van der Waals surface area contributed by atoms with Crippen LogP contribution in [0.1, 0.15) is 67.1 Å². The van der Waals surface area contributed by atoms with E-state index in [2.05, 4.69) is 33.9 Å². The van der Waals surface area contributed by atoms with Crippen molar-refractivity contribution in [3.05, 3.63) is 52.2 Å². The second-order valence-corrected chi connectivity index (χ2v) is 9.44. The molecule has 1 fully saturated rings. The van der Waals surface area contributed by atoms with Gasteiger partial charge in [-0.05, 0) is 88.2 Å². The first kappa shape index (κ1) is 23.5. The minimum Gasteiger partial charge on any atom is -0.352 e. The molecule has 5 nitrogen and oxygen atoms in total. The molecule has 2 N–H and O–H groups in total. The molecule has 2 heterocycles. The van der Waals surface area contributed by atoms with Crippen molar-refractivity contribution in [1.82, 2.24) is 10.2 Å². The smallest absolute Gasteiger partial charge is 0.251 e. The lowest BCUT2D eigenvalue weighted by Gasteiger charge is -2.33. The molecule has 168 valence electrons. The highest BCUT2D eigenvalue weighted by Crippen LogP contribution is 2.17. The monoisotopic (exact) mass is 441 g/mol. The number of unbranched alkanes of at least 4 members (excludes halogenated alkanes) is 1. The summed E-state index contributed by atoms with van der Waals surface area (Å²) in [6, 6.07) is 12.0. The number of nitrogens with zero attached hydrogens (tertiary/aromatic N) is 1. The molecule has 1 aromatic heterocycles. The SMILES string of the molecule is CC1CCCCN1CCCCNC(=O)c1cccc(NC(=O)CCCc2cccs2)c1. The van der Waals surface area contributed by atoms with E-state index in [0.29, 0.717) is 30.3 Å². The summed E-state index contributed by atoms with van der Waals surface area (Å²) in [5.74, 6) is -0.0961. The molecule has 1 aliphatic heterocycles. The highest BCUT2D eigenvalue weighted by atomic mass is 32.1. The van der Waals surface area contributed by atoms with Crippen LogP contribution in [-0.4, -0.2) is 42.4 Å². The Hall–Kier alpha value is -2.18. The molecule has 0 bridgehead atoms. The second-order valence-electron chi connectivity index (χ2n) is 8.41. The van der Waals surface area contributed by atoms with Crippen LogP contribution in [0.15, 0.2) is 41.8 Å². The Morgan fingerprint density at radius 1 is 1.13 bits per heavy atom. The number of benzene rings is 1. The summed E-state index contributed by atoms with van der Waals surface area (Å²) in [6.07, 6.45) is 8.27. The van der Waals surface area contributed by atoms with Crippen molar-refractivity contribution in [2.75, 3.05) is 25.0 Å². The first-order chi connectivity index (χ1) is 15.1. The van der Waals surface area contributed by atoms with Crippen molar-refractivity contribution < 1.29 is 9.59 Å². The lowest BCUT2D eigenvalue weighted by molar-refractivity contribution is -0.116. The Labute approximate surface area is 190 Å². The van der Waals surface area contributed by atoms with Crippen LogP contribution in [0.2, 0.25) is 0 Å². The third kappa shape index (κ3) is 8.11. The number of anilines is 1. The van der Waals surface area contributed by atoms with E-state index in [4.69, 9.17) is 0 Å². The number of carbonyl (C=O) groups excluding carboxylic acids is 2. The fraction of sp³-hybridized carbons (Fsp3) is 0.520. The van der Waals surface area contributed by atoms with Gasteiger partial charge in [0.15, 0.2) is 0 Å². The van der Waals surface area contributed by atoms with Gasteiger partial charge in [0.05, 0.1) is 0 Å². The molecule has 2 amide bonds. The maximum absolute atomic E-state index is 12.5. The lowest BCUT2D eigenvalue weighted by Crippen LogP contribution is -2.38. The Balaban J connectivity index is 1.34. The third-order valence-corrected chi connectivity index (χ3v) is 6.85. The zero-order valence-electron chi connectivity index (χ0n) is 18.6. The van der Waals surface area contributed by atoms with Crippen molar-refractivity contribution >= 4 is 28.8 Å². The predicted octanol–water partition coefficient (Wildman–Crippen LogP) is 5.09. The van der Waals surface area contributed by atoms with Gasteiger partial charge in [-0.2, -0.15) is 0 Å². The van der Waals surface area contributed by atoms with Crippen molar-refractivity contribution in [1.29, 1.82) is 0 Å². The third-order valence-electron chi connectivity index (χ3n) is 5.91. The summed E-state index contributed by atoms with van der Waals surface area (Å²) in [5, 5.41) is 7.98. The van der Waals surface area contributed by atoms with Crippen LogP contribution in [0.25, 0.3) is 0 Å². The molecular weight excluding hydrogens is 406 g/mol. The molecule has 0 radical (unpaired) electrons. The number of hydrogen-bond acceptors (Lipinski definition) is 4. The molecular formula is C25H35N3O2S. The fourth-order valence-corrected chi connectivity index (χ4v) is 4.82. The van der Waals surface area contributed by atoms with E-state index >= 15 is 0 Å². The zero-order chi connectivity index (χ0) is 21.9. The number of piperidine rings is 1.